The summed E-state index contributed by atoms with van der Waals surface area (Å²) in [6.07, 6.45) is 0.747. The quantitative estimate of drug-likeness (QED) is 0.731. The lowest BCUT2D eigenvalue weighted by Gasteiger charge is -2.29. The Bertz CT molecular complexity index is 367. The minimum atomic E-state index is 0.198. The van der Waals surface area contributed by atoms with Crippen molar-refractivity contribution < 1.29 is 9.84 Å². The molecule has 0 aliphatic rings. The predicted octanol–water partition coefficient (Wildman–Crippen LogP) is 2.26. The third-order valence-electron chi connectivity index (χ3n) is 2.74. The molecule has 0 aliphatic heterocycles. The number of ether oxygens (including phenoxy) is 1. The maximum absolute atomic E-state index is 8.96. The molecule has 0 aromatic heterocycles. The Hall–Kier alpha value is -1.42. The molecule has 4 nitrogen and oxygen atoms in total. The Kier molecular flexibility index (Phi) is 5.78. The van der Waals surface area contributed by atoms with E-state index in [-0.39, 0.29) is 6.61 Å². The molecule has 18 heavy (non-hydrogen) atoms. The van der Waals surface area contributed by atoms with Crippen LogP contribution < -0.4 is 15.4 Å². The second-order valence-electron chi connectivity index (χ2n) is 4.56. The Morgan fingerprint density at radius 2 is 2.06 bits per heavy atom. The first-order valence-corrected chi connectivity index (χ1v) is 6.49. The summed E-state index contributed by atoms with van der Waals surface area (Å²) in [5.74, 6) is 0.794. The van der Waals surface area contributed by atoms with E-state index >= 15 is 0 Å². The molecular weight excluding hydrogens is 228 g/mol. The Morgan fingerprint density at radius 3 is 2.61 bits per heavy atom. The average Bonchev–Trinajstić information content (AvgIpc) is 2.28. The van der Waals surface area contributed by atoms with Crippen LogP contribution in [-0.2, 0) is 0 Å². The van der Waals surface area contributed by atoms with E-state index in [0.717, 1.165) is 24.4 Å². The molecule has 0 bridgehead atoms. The van der Waals surface area contributed by atoms with Crippen molar-refractivity contribution in [3.05, 3.63) is 18.2 Å². The highest BCUT2D eigenvalue weighted by molar-refractivity contribution is 5.61. The molecule has 0 saturated carbocycles. The van der Waals surface area contributed by atoms with Crippen LogP contribution in [0.4, 0.5) is 11.4 Å². The van der Waals surface area contributed by atoms with Crippen LogP contribution >= 0.6 is 0 Å². The number of nitrogen functional groups attached to an aromatic ring is 1. The summed E-state index contributed by atoms with van der Waals surface area (Å²) < 4.78 is 5.51. The van der Waals surface area contributed by atoms with Gasteiger partial charge in [0.15, 0.2) is 0 Å². The highest BCUT2D eigenvalue weighted by Gasteiger charge is 2.12. The van der Waals surface area contributed by atoms with Crippen LogP contribution in [0.2, 0.25) is 0 Å². The molecule has 3 N–H and O–H groups in total. The molecule has 1 aromatic carbocycles. The maximum atomic E-state index is 8.96. The van der Waals surface area contributed by atoms with E-state index in [2.05, 4.69) is 18.7 Å². The van der Waals surface area contributed by atoms with Gasteiger partial charge in [-0.15, -0.1) is 0 Å². The van der Waals surface area contributed by atoms with Crippen molar-refractivity contribution in [1.29, 1.82) is 0 Å². The Balaban J connectivity index is 2.95. The van der Waals surface area contributed by atoms with Gasteiger partial charge in [-0.1, -0.05) is 0 Å². The number of aliphatic hydroxyl groups is 1. The fourth-order valence-electron chi connectivity index (χ4n) is 1.95. The summed E-state index contributed by atoms with van der Waals surface area (Å²) in [5, 5.41) is 8.96. The van der Waals surface area contributed by atoms with Crippen molar-refractivity contribution in [3.8, 4) is 5.75 Å². The molecule has 0 spiro atoms. The summed E-state index contributed by atoms with van der Waals surface area (Å²) >= 11 is 0. The smallest absolute Gasteiger partial charge is 0.123 e. The van der Waals surface area contributed by atoms with Crippen LogP contribution in [0.5, 0.6) is 5.75 Å². The number of hydrogen-bond donors (Lipinski definition) is 2. The van der Waals surface area contributed by atoms with E-state index in [9.17, 15) is 0 Å². The molecule has 0 saturated heterocycles. The molecule has 0 amide bonds. The van der Waals surface area contributed by atoms with Gasteiger partial charge in [0.25, 0.3) is 0 Å². The first kappa shape index (κ1) is 14.6. The number of hydrogen-bond acceptors (Lipinski definition) is 4. The summed E-state index contributed by atoms with van der Waals surface area (Å²) in [6, 6.07) is 6.13. The van der Waals surface area contributed by atoms with Crippen LogP contribution in [0.15, 0.2) is 18.2 Å². The molecule has 1 aromatic rings. The first-order valence-electron chi connectivity index (χ1n) is 6.49. The Morgan fingerprint density at radius 1 is 1.33 bits per heavy atom. The van der Waals surface area contributed by atoms with Crippen molar-refractivity contribution in [2.24, 2.45) is 0 Å². The maximum Gasteiger partial charge on any atom is 0.123 e. The number of aliphatic hydroxyl groups excluding tert-OH is 1. The average molecular weight is 252 g/mol. The molecule has 102 valence electrons. The van der Waals surface area contributed by atoms with Gasteiger partial charge >= 0.3 is 0 Å². The minimum absolute atomic E-state index is 0.198. The molecule has 0 unspecified atom stereocenters. The number of rotatable bonds is 7. The summed E-state index contributed by atoms with van der Waals surface area (Å²) in [4.78, 5) is 2.22. The zero-order valence-corrected chi connectivity index (χ0v) is 11.5. The number of nitrogens with zero attached hydrogens (tertiary/aromatic N) is 1. The monoisotopic (exact) mass is 252 g/mol. The zero-order chi connectivity index (χ0) is 13.5. The summed E-state index contributed by atoms with van der Waals surface area (Å²) in [5.41, 5.74) is 7.64. The molecular formula is C14H24N2O2. The number of anilines is 2. The van der Waals surface area contributed by atoms with Crippen LogP contribution in [-0.4, -0.2) is 30.9 Å². The predicted molar refractivity (Wildman–Crippen MR) is 76.2 cm³/mol. The standard InChI is InChI=1S/C14H24N2O2/c1-4-18-14-9-12(15)8-13(10-14)16(11(2)3)6-5-7-17/h8-11,17H,4-7,15H2,1-3H3. The molecule has 0 heterocycles. The lowest BCUT2D eigenvalue weighted by atomic mass is 10.2. The van der Waals surface area contributed by atoms with Gasteiger partial charge in [-0.05, 0) is 33.3 Å². The van der Waals surface area contributed by atoms with E-state index in [0.29, 0.717) is 18.3 Å². The van der Waals surface area contributed by atoms with Crippen molar-refractivity contribution in [2.75, 3.05) is 30.4 Å². The normalized spacial score (nSPS) is 10.7. The number of nitrogens with two attached hydrogens (primary N) is 1. The number of benzene rings is 1. The summed E-state index contributed by atoms with van der Waals surface area (Å²) in [6.45, 7) is 7.84. The van der Waals surface area contributed by atoms with Gasteiger partial charge in [0.2, 0.25) is 0 Å². The second-order valence-corrected chi connectivity index (χ2v) is 4.56. The topological polar surface area (TPSA) is 58.7 Å². The molecule has 0 atom stereocenters. The third-order valence-corrected chi connectivity index (χ3v) is 2.74. The fourth-order valence-corrected chi connectivity index (χ4v) is 1.95. The van der Waals surface area contributed by atoms with Crippen molar-refractivity contribution in [2.45, 2.75) is 33.2 Å². The highest BCUT2D eigenvalue weighted by Crippen LogP contribution is 2.27. The first-order chi connectivity index (χ1) is 8.58. The van der Waals surface area contributed by atoms with Crippen molar-refractivity contribution >= 4 is 11.4 Å². The molecule has 4 heteroatoms. The van der Waals surface area contributed by atoms with E-state index in [1.807, 2.05) is 25.1 Å². The SMILES string of the molecule is CCOc1cc(N)cc(N(CCCO)C(C)C)c1. The van der Waals surface area contributed by atoms with Crippen LogP contribution in [0.1, 0.15) is 27.2 Å². The van der Waals surface area contributed by atoms with Crippen LogP contribution in [0.25, 0.3) is 0 Å². The van der Waals surface area contributed by atoms with E-state index in [1.165, 1.54) is 0 Å². The second kappa shape index (κ2) is 7.11. The lowest BCUT2D eigenvalue weighted by molar-refractivity contribution is 0.288. The molecule has 0 aliphatic carbocycles. The van der Waals surface area contributed by atoms with Crippen LogP contribution in [0, 0.1) is 0 Å². The van der Waals surface area contributed by atoms with Gasteiger partial charge in [-0.25, -0.2) is 0 Å². The lowest BCUT2D eigenvalue weighted by Crippen LogP contribution is -2.32. The van der Waals surface area contributed by atoms with Gasteiger partial charge in [-0.3, -0.25) is 0 Å². The van der Waals surface area contributed by atoms with Crippen molar-refractivity contribution in [3.63, 3.8) is 0 Å². The molecule has 0 radical (unpaired) electrons. The largest absolute Gasteiger partial charge is 0.494 e. The molecule has 1 rings (SSSR count). The van der Waals surface area contributed by atoms with Crippen LogP contribution in [0.3, 0.4) is 0 Å². The van der Waals surface area contributed by atoms with Gasteiger partial charge in [0.1, 0.15) is 5.75 Å². The van der Waals surface area contributed by atoms with Gasteiger partial charge in [-0.2, -0.15) is 0 Å². The van der Waals surface area contributed by atoms with E-state index in [1.54, 1.807) is 0 Å². The third kappa shape index (κ3) is 4.11. The van der Waals surface area contributed by atoms with Crippen molar-refractivity contribution in [1.82, 2.24) is 0 Å². The summed E-state index contributed by atoms with van der Waals surface area (Å²) in [7, 11) is 0. The highest BCUT2D eigenvalue weighted by atomic mass is 16.5. The minimum Gasteiger partial charge on any atom is -0.494 e. The Labute approximate surface area is 109 Å². The van der Waals surface area contributed by atoms with Gasteiger partial charge in [0.05, 0.1) is 6.61 Å². The van der Waals surface area contributed by atoms with E-state index in [4.69, 9.17) is 15.6 Å². The van der Waals surface area contributed by atoms with Gasteiger partial charge in [0, 0.05) is 42.7 Å². The van der Waals surface area contributed by atoms with Gasteiger partial charge < -0.3 is 20.5 Å². The zero-order valence-electron chi connectivity index (χ0n) is 11.5. The fraction of sp³-hybridized carbons (Fsp3) is 0.571. The van der Waals surface area contributed by atoms with E-state index < -0.39 is 0 Å². The molecule has 0 fully saturated rings.